The van der Waals surface area contributed by atoms with Crippen LogP contribution in [-0.2, 0) is 28.1 Å². The zero-order chi connectivity index (χ0) is 21.3. The molecule has 1 N–H and O–H groups in total. The largest absolute Gasteiger partial charge is 0.324 e. The highest BCUT2D eigenvalue weighted by Gasteiger charge is 2.29. The van der Waals surface area contributed by atoms with E-state index in [-0.39, 0.29) is 28.4 Å². The molecule has 0 spiro atoms. The van der Waals surface area contributed by atoms with Gasteiger partial charge in [-0.3, -0.25) is 4.79 Å². The second-order valence-corrected chi connectivity index (χ2v) is 11.7. The number of sulfone groups is 1. The van der Waals surface area contributed by atoms with Crippen LogP contribution < -0.4 is 5.32 Å². The van der Waals surface area contributed by atoms with Crippen LogP contribution in [0.2, 0.25) is 15.1 Å². The Labute approximate surface area is 188 Å². The Morgan fingerprint density at radius 1 is 1.28 bits per heavy atom. The van der Waals surface area contributed by atoms with Crippen LogP contribution in [0.4, 0.5) is 5.69 Å². The Morgan fingerprint density at radius 2 is 1.97 bits per heavy atom. The number of aromatic nitrogens is 3. The van der Waals surface area contributed by atoms with Gasteiger partial charge in [-0.25, -0.2) is 8.42 Å². The summed E-state index contributed by atoms with van der Waals surface area (Å²) >= 11 is 19.2. The summed E-state index contributed by atoms with van der Waals surface area (Å²) in [5, 5.41) is 12.0. The SMILES string of the molecule is CC(Sc1nnc(CC2CCS(=O)(=O)C2)n1C)C(=O)Nc1cc(Cl)c(Cl)cc1Cl. The Bertz CT molecular complexity index is 1040. The molecule has 2 unspecified atom stereocenters. The average molecular weight is 498 g/mol. The predicted molar refractivity (Wildman–Crippen MR) is 117 cm³/mol. The van der Waals surface area contributed by atoms with E-state index in [1.54, 1.807) is 11.5 Å². The first-order valence-corrected chi connectivity index (χ1v) is 12.6. The first-order valence-electron chi connectivity index (χ1n) is 8.76. The number of halogens is 3. The molecule has 3 rings (SSSR count). The van der Waals surface area contributed by atoms with Crippen molar-refractivity contribution in [3.8, 4) is 0 Å². The average Bonchev–Trinajstić information content (AvgIpc) is 3.15. The molecular weight excluding hydrogens is 479 g/mol. The van der Waals surface area contributed by atoms with Crippen molar-refractivity contribution >= 4 is 68.0 Å². The lowest BCUT2D eigenvalue weighted by atomic mass is 10.1. The number of carbonyl (C=O) groups excluding carboxylic acids is 1. The second kappa shape index (κ2) is 9.01. The summed E-state index contributed by atoms with van der Waals surface area (Å²) in [7, 11) is -1.13. The molecule has 0 bridgehead atoms. The summed E-state index contributed by atoms with van der Waals surface area (Å²) in [5.41, 5.74) is 0.375. The van der Waals surface area contributed by atoms with Crippen molar-refractivity contribution in [1.82, 2.24) is 14.8 Å². The molecule has 7 nitrogen and oxygen atoms in total. The smallest absolute Gasteiger partial charge is 0.237 e. The number of rotatable bonds is 6. The number of hydrogen-bond acceptors (Lipinski definition) is 6. The Hall–Kier alpha value is -1.000. The van der Waals surface area contributed by atoms with E-state index in [0.29, 0.717) is 39.6 Å². The molecule has 1 fully saturated rings. The highest BCUT2D eigenvalue weighted by atomic mass is 35.5. The number of nitrogens with zero attached hydrogens (tertiary/aromatic N) is 3. The second-order valence-electron chi connectivity index (χ2n) is 6.93. The molecule has 2 aromatic rings. The number of benzene rings is 1. The minimum absolute atomic E-state index is 0.0540. The maximum Gasteiger partial charge on any atom is 0.237 e. The van der Waals surface area contributed by atoms with Crippen molar-refractivity contribution in [2.75, 3.05) is 16.8 Å². The van der Waals surface area contributed by atoms with Crippen molar-refractivity contribution in [2.45, 2.75) is 30.2 Å². The van der Waals surface area contributed by atoms with Crippen LogP contribution in [0.5, 0.6) is 0 Å². The van der Waals surface area contributed by atoms with Crippen LogP contribution in [0, 0.1) is 5.92 Å². The van der Waals surface area contributed by atoms with E-state index in [2.05, 4.69) is 15.5 Å². The highest BCUT2D eigenvalue weighted by molar-refractivity contribution is 8.00. The standard InChI is InChI=1S/C17H19Cl3N4O3S2/c1-9(16(25)21-14-7-12(19)11(18)6-13(14)20)28-17-23-22-15(24(17)2)5-10-3-4-29(26,27)8-10/h6-7,9-10H,3-5,8H2,1-2H3,(H,21,25). The van der Waals surface area contributed by atoms with Crippen LogP contribution in [-0.4, -0.2) is 45.8 Å². The normalized spacial score (nSPS) is 19.3. The molecule has 0 radical (unpaired) electrons. The third kappa shape index (κ3) is 5.58. The van der Waals surface area contributed by atoms with E-state index in [9.17, 15) is 13.2 Å². The number of hydrogen-bond donors (Lipinski definition) is 1. The molecule has 1 aromatic carbocycles. The lowest BCUT2D eigenvalue weighted by Crippen LogP contribution is -2.23. The molecule has 1 aliphatic heterocycles. The maximum absolute atomic E-state index is 12.5. The van der Waals surface area contributed by atoms with Gasteiger partial charge in [-0.15, -0.1) is 10.2 Å². The summed E-state index contributed by atoms with van der Waals surface area (Å²) in [6.45, 7) is 1.74. The molecule has 29 heavy (non-hydrogen) atoms. The van der Waals surface area contributed by atoms with Crippen LogP contribution in [0.3, 0.4) is 0 Å². The van der Waals surface area contributed by atoms with Crippen molar-refractivity contribution < 1.29 is 13.2 Å². The molecule has 0 saturated carbocycles. The van der Waals surface area contributed by atoms with E-state index >= 15 is 0 Å². The van der Waals surface area contributed by atoms with Crippen LogP contribution in [0.1, 0.15) is 19.2 Å². The zero-order valence-corrected chi connectivity index (χ0v) is 19.6. The number of thioether (sulfide) groups is 1. The molecule has 158 valence electrons. The lowest BCUT2D eigenvalue weighted by molar-refractivity contribution is -0.115. The molecule has 1 saturated heterocycles. The van der Waals surface area contributed by atoms with Gasteiger partial charge in [-0.1, -0.05) is 46.6 Å². The number of amides is 1. The third-order valence-corrected chi connectivity index (χ3v) is 8.65. The molecule has 1 amide bonds. The van der Waals surface area contributed by atoms with E-state index in [1.165, 1.54) is 23.9 Å². The first kappa shape index (κ1) is 22.7. The topological polar surface area (TPSA) is 93.9 Å². The van der Waals surface area contributed by atoms with E-state index in [1.807, 2.05) is 7.05 Å². The molecule has 1 aromatic heterocycles. The van der Waals surface area contributed by atoms with Gasteiger partial charge in [0.15, 0.2) is 15.0 Å². The van der Waals surface area contributed by atoms with Gasteiger partial charge < -0.3 is 9.88 Å². The molecule has 2 heterocycles. The monoisotopic (exact) mass is 496 g/mol. The number of carbonyl (C=O) groups is 1. The fourth-order valence-corrected chi connectivity index (χ4v) is 6.27. The minimum Gasteiger partial charge on any atom is -0.324 e. The van der Waals surface area contributed by atoms with E-state index < -0.39 is 15.1 Å². The predicted octanol–water partition coefficient (Wildman–Crippen LogP) is 3.87. The minimum atomic E-state index is -2.94. The van der Waals surface area contributed by atoms with Crippen LogP contribution in [0.15, 0.2) is 17.3 Å². The Morgan fingerprint density at radius 3 is 2.62 bits per heavy atom. The lowest BCUT2D eigenvalue weighted by Gasteiger charge is -2.13. The van der Waals surface area contributed by atoms with Crippen molar-refractivity contribution in [2.24, 2.45) is 13.0 Å². The molecule has 0 aliphatic carbocycles. The van der Waals surface area contributed by atoms with E-state index in [0.717, 1.165) is 0 Å². The summed E-state index contributed by atoms with van der Waals surface area (Å²) < 4.78 is 25.1. The fraction of sp³-hybridized carbons (Fsp3) is 0.471. The van der Waals surface area contributed by atoms with Gasteiger partial charge in [0.1, 0.15) is 5.82 Å². The summed E-state index contributed by atoms with van der Waals surface area (Å²) in [5.74, 6) is 0.895. The first-order chi connectivity index (χ1) is 13.6. The van der Waals surface area contributed by atoms with Crippen molar-refractivity contribution in [3.05, 3.63) is 33.0 Å². The fourth-order valence-electron chi connectivity index (χ4n) is 2.98. The third-order valence-electron chi connectivity index (χ3n) is 4.64. The maximum atomic E-state index is 12.5. The summed E-state index contributed by atoms with van der Waals surface area (Å²) in [4.78, 5) is 12.5. The Kier molecular flexibility index (Phi) is 7.05. The van der Waals surface area contributed by atoms with Gasteiger partial charge in [0.2, 0.25) is 5.91 Å². The van der Waals surface area contributed by atoms with Gasteiger partial charge in [0, 0.05) is 13.5 Å². The molecule has 2 atom stereocenters. The van der Waals surface area contributed by atoms with Gasteiger partial charge in [-0.2, -0.15) is 0 Å². The molecule has 12 heteroatoms. The summed E-state index contributed by atoms with van der Waals surface area (Å²) in [6.07, 6.45) is 1.18. The Balaban J connectivity index is 1.63. The molecular formula is C17H19Cl3N4O3S2. The van der Waals surface area contributed by atoms with Gasteiger partial charge in [0.25, 0.3) is 0 Å². The highest BCUT2D eigenvalue weighted by Crippen LogP contribution is 2.33. The van der Waals surface area contributed by atoms with Crippen LogP contribution >= 0.6 is 46.6 Å². The van der Waals surface area contributed by atoms with Gasteiger partial charge >= 0.3 is 0 Å². The zero-order valence-electron chi connectivity index (χ0n) is 15.7. The van der Waals surface area contributed by atoms with Crippen LogP contribution in [0.25, 0.3) is 0 Å². The quantitative estimate of drug-likeness (QED) is 0.481. The summed E-state index contributed by atoms with van der Waals surface area (Å²) in [6, 6.07) is 2.97. The number of nitrogens with one attached hydrogen (secondary N) is 1. The van der Waals surface area contributed by atoms with E-state index in [4.69, 9.17) is 34.8 Å². The van der Waals surface area contributed by atoms with Gasteiger partial charge in [0.05, 0.1) is 37.5 Å². The van der Waals surface area contributed by atoms with Crippen molar-refractivity contribution in [1.29, 1.82) is 0 Å². The molecule has 1 aliphatic rings. The number of anilines is 1. The van der Waals surface area contributed by atoms with Crippen molar-refractivity contribution in [3.63, 3.8) is 0 Å². The van der Waals surface area contributed by atoms with Gasteiger partial charge in [-0.05, 0) is 31.4 Å².